The van der Waals surface area contributed by atoms with Crippen LogP contribution in [0.5, 0.6) is 0 Å². The van der Waals surface area contributed by atoms with Gasteiger partial charge in [0.25, 0.3) is 0 Å². The molecule has 0 atom stereocenters. The monoisotopic (exact) mass is 1790 g/mol. The van der Waals surface area contributed by atoms with Gasteiger partial charge in [0, 0.05) is 67.0 Å². The normalized spacial score (nSPS) is 13.5. The first kappa shape index (κ1) is 93.2. The second-order valence-corrected chi connectivity index (χ2v) is 39.9. The number of aryl methyl sites for hydroxylation is 9. The summed E-state index contributed by atoms with van der Waals surface area (Å²) in [5.41, 5.74) is 48.7. The predicted octanol–water partition coefficient (Wildman–Crippen LogP) is 36.0. The minimum atomic E-state index is -0.264. The van der Waals surface area contributed by atoms with Gasteiger partial charge < -0.3 is 9.13 Å². The number of fused-ring (bicyclic) bond motifs is 21. The van der Waals surface area contributed by atoms with Gasteiger partial charge in [-0.15, -0.1) is 0 Å². The Kier molecular flexibility index (Phi) is 26.5. The number of rotatable bonds is 3. The molecule has 19 aromatic carbocycles. The van der Waals surface area contributed by atoms with Crippen LogP contribution in [-0.2, 0) is 34.1 Å². The summed E-state index contributed by atoms with van der Waals surface area (Å²) in [6.07, 6.45) is 0. The van der Waals surface area contributed by atoms with Crippen LogP contribution in [0.2, 0.25) is 0 Å². The SMILES string of the molecule is Cc1ccc2c(c1)-c1ccccc1C2(C)C.Cc1ccc2c(c1)C(C)(C)c1ccccc1-2.Cc1cccc2c1-c1ccccc1C2(C)C.Cc1cccc2c1C(C)(C)c1ccccc1-2.Cc1cccc2c1C(c1ccccc1)(c1ccccc1)c1ccccc1-2.Cc1cccc2c1c1ccccc1n2-c1ccccc1.Cc1ccccc1.Cc1ccccc1.Cn1c2ccccc2c2ccccc21. The van der Waals surface area contributed by atoms with E-state index in [0.29, 0.717) is 0 Å². The lowest BCUT2D eigenvalue weighted by Gasteiger charge is -2.34. The molecule has 0 radical (unpaired) electrons. The van der Waals surface area contributed by atoms with Crippen LogP contribution < -0.4 is 0 Å². The molecule has 26 rings (SSSR count). The highest BCUT2D eigenvalue weighted by Crippen LogP contribution is 2.58. The molecular weight excluding hydrogens is 1660 g/mol. The highest BCUT2D eigenvalue weighted by molar-refractivity contribution is 6.11. The lowest BCUT2D eigenvalue weighted by atomic mass is 9.67. The minimum Gasteiger partial charge on any atom is -0.344 e. The minimum absolute atomic E-state index is 0.150. The molecule has 0 N–H and O–H groups in total. The maximum Gasteiger partial charge on any atom is 0.0716 e. The zero-order chi connectivity index (χ0) is 96.2. The molecule has 5 aliphatic carbocycles. The molecule has 2 heterocycles. The van der Waals surface area contributed by atoms with Gasteiger partial charge >= 0.3 is 0 Å². The molecule has 138 heavy (non-hydrogen) atoms. The fraction of sp³-hybridized carbons (Fsp3) is 0.162. The van der Waals surface area contributed by atoms with Gasteiger partial charge in [-0.2, -0.15) is 0 Å². The first-order chi connectivity index (χ1) is 66.8. The van der Waals surface area contributed by atoms with Gasteiger partial charge in [-0.1, -0.05) is 496 Å². The standard InChI is InChI=1S/C26H20.C19H15N.4C16H16.C13H11N.2C7H8/c1-19-11-10-17-23-22-16-8-9-18-24(22)26(25(19)23,20-12-4-2-5-13-20)21-14-6-3-7-15-21;1-14-8-7-13-18-19(14)16-11-5-6-12-17(16)20(18)15-9-3-2-4-10-15;1-11-7-6-9-13-12-8-4-5-10-14(12)16(2,3)15(11)13;1-11-7-6-10-14-15(11)12-8-4-5-9-13(12)16(14,2)3;1-11-8-9-15-13(10-11)12-6-4-5-7-14(12)16(15,2)3;1-11-8-9-13-12-6-4-5-7-14(12)16(2,3)15(13)10-11;1-14-12-8-4-2-6-10(12)11-7-3-5-9-13(11)14;2*1-7-5-3-2-4-6-7/h2-18H,1H3;2-13H,1H3;4*4-10H,1-3H3;2-9H,1H3;2*2-6H,1H3. The Morgan fingerprint density at radius 2 is 0.514 bits per heavy atom. The first-order valence-corrected chi connectivity index (χ1v) is 48.9. The van der Waals surface area contributed by atoms with E-state index in [9.17, 15) is 0 Å². The highest BCUT2D eigenvalue weighted by Gasteiger charge is 2.47. The van der Waals surface area contributed by atoms with Crippen molar-refractivity contribution < 1.29 is 0 Å². The van der Waals surface area contributed by atoms with E-state index in [1.807, 2.05) is 36.4 Å². The molecule has 0 aliphatic heterocycles. The van der Waals surface area contributed by atoms with Crippen molar-refractivity contribution in [1.82, 2.24) is 9.13 Å². The fourth-order valence-corrected chi connectivity index (χ4v) is 22.7. The Labute approximate surface area is 819 Å². The van der Waals surface area contributed by atoms with E-state index in [1.54, 1.807) is 0 Å². The van der Waals surface area contributed by atoms with Crippen LogP contribution in [0.4, 0.5) is 0 Å². The van der Waals surface area contributed by atoms with Gasteiger partial charge in [-0.05, 0) is 236 Å². The van der Waals surface area contributed by atoms with Crippen molar-refractivity contribution in [3.63, 3.8) is 0 Å². The summed E-state index contributed by atoms with van der Waals surface area (Å²) in [6, 6.07) is 163. The third-order valence-electron chi connectivity index (χ3n) is 29.4. The van der Waals surface area contributed by atoms with Crippen LogP contribution in [-0.4, -0.2) is 9.13 Å². The Morgan fingerprint density at radius 3 is 1.04 bits per heavy atom. The highest BCUT2D eigenvalue weighted by atomic mass is 15.0. The molecule has 2 heteroatoms. The molecule has 0 spiro atoms. The van der Waals surface area contributed by atoms with Crippen LogP contribution in [0.1, 0.15) is 167 Å². The molecule has 0 unspecified atom stereocenters. The van der Waals surface area contributed by atoms with E-state index in [1.165, 1.54) is 216 Å². The van der Waals surface area contributed by atoms with Crippen molar-refractivity contribution in [3.8, 4) is 61.3 Å². The van der Waals surface area contributed by atoms with Crippen LogP contribution in [0, 0.1) is 55.4 Å². The van der Waals surface area contributed by atoms with E-state index in [0.717, 1.165) is 0 Å². The summed E-state index contributed by atoms with van der Waals surface area (Å²) in [4.78, 5) is 0. The summed E-state index contributed by atoms with van der Waals surface area (Å²) < 4.78 is 4.59. The van der Waals surface area contributed by atoms with Gasteiger partial charge in [-0.3, -0.25) is 0 Å². The van der Waals surface area contributed by atoms with E-state index in [-0.39, 0.29) is 27.1 Å². The lowest BCUT2D eigenvalue weighted by molar-refractivity contribution is 0.655. The van der Waals surface area contributed by atoms with Crippen molar-refractivity contribution in [1.29, 1.82) is 0 Å². The van der Waals surface area contributed by atoms with Crippen molar-refractivity contribution in [2.24, 2.45) is 7.05 Å². The predicted molar refractivity (Wildman–Crippen MR) is 592 cm³/mol. The van der Waals surface area contributed by atoms with Crippen molar-refractivity contribution in [2.45, 2.75) is 138 Å². The molecule has 21 aromatic rings. The summed E-state index contributed by atoms with van der Waals surface area (Å²) >= 11 is 0. The van der Waals surface area contributed by atoms with Gasteiger partial charge in [-0.25, -0.2) is 0 Å². The van der Waals surface area contributed by atoms with Crippen LogP contribution >= 0.6 is 0 Å². The van der Waals surface area contributed by atoms with E-state index >= 15 is 0 Å². The largest absolute Gasteiger partial charge is 0.344 e. The summed E-state index contributed by atoms with van der Waals surface area (Å²) in [5.74, 6) is 0. The quantitative estimate of drug-likeness (QED) is 0.167. The molecule has 680 valence electrons. The van der Waals surface area contributed by atoms with Gasteiger partial charge in [0.1, 0.15) is 0 Å². The van der Waals surface area contributed by atoms with Crippen molar-refractivity contribution in [2.75, 3.05) is 0 Å². The number of aromatic nitrogens is 2. The molecule has 0 bridgehead atoms. The van der Waals surface area contributed by atoms with Gasteiger partial charge in [0.15, 0.2) is 0 Å². The maximum absolute atomic E-state index is 2.34. The zero-order valence-electron chi connectivity index (χ0n) is 83.2. The number of nitrogens with zero attached hydrogens (tertiary/aromatic N) is 2. The third kappa shape index (κ3) is 17.5. The van der Waals surface area contributed by atoms with Crippen molar-refractivity contribution >= 4 is 43.6 Å². The van der Waals surface area contributed by atoms with Gasteiger partial charge in [0.05, 0.1) is 16.4 Å². The molecule has 0 fully saturated rings. The van der Waals surface area contributed by atoms with Crippen LogP contribution in [0.15, 0.2) is 455 Å². The Bertz CT molecular complexity index is 7800. The summed E-state index contributed by atoms with van der Waals surface area (Å²) in [7, 11) is 2.12. The Morgan fingerprint density at radius 1 is 0.188 bits per heavy atom. The maximum atomic E-state index is 2.34. The molecule has 2 nitrogen and oxygen atoms in total. The molecule has 5 aliphatic rings. The van der Waals surface area contributed by atoms with E-state index < -0.39 is 0 Å². The number of para-hydroxylation sites is 4. The Hall–Kier alpha value is -15.2. The number of hydrogen-bond donors (Lipinski definition) is 0. The molecule has 2 aromatic heterocycles. The number of benzene rings is 19. The molecule has 0 saturated heterocycles. The summed E-state index contributed by atoms with van der Waals surface area (Å²) in [6.45, 7) is 35.9. The molecule has 0 amide bonds. The third-order valence-corrected chi connectivity index (χ3v) is 29.4. The topological polar surface area (TPSA) is 9.86 Å². The molecule has 0 saturated carbocycles. The second-order valence-electron chi connectivity index (χ2n) is 39.9. The second kappa shape index (κ2) is 39.2. The first-order valence-electron chi connectivity index (χ1n) is 48.9. The average Bonchev–Trinajstić information content (AvgIpc) is 1.53. The number of hydrogen-bond acceptors (Lipinski definition) is 0. The zero-order valence-corrected chi connectivity index (χ0v) is 83.2. The van der Waals surface area contributed by atoms with E-state index in [4.69, 9.17) is 0 Å². The van der Waals surface area contributed by atoms with Crippen molar-refractivity contribution in [3.05, 3.63) is 566 Å². The van der Waals surface area contributed by atoms with Gasteiger partial charge in [0.2, 0.25) is 0 Å². The molecular formula is C136H126N2. The fourth-order valence-electron chi connectivity index (χ4n) is 22.7. The van der Waals surface area contributed by atoms with E-state index in [2.05, 4.69) is 546 Å². The smallest absolute Gasteiger partial charge is 0.0716 e. The van der Waals surface area contributed by atoms with Crippen LogP contribution in [0.25, 0.3) is 105 Å². The summed E-state index contributed by atoms with van der Waals surface area (Å²) in [5, 5.41) is 5.35. The Balaban J connectivity index is 0.000000105. The van der Waals surface area contributed by atoms with Crippen LogP contribution in [0.3, 0.4) is 0 Å². The lowest BCUT2D eigenvalue weighted by Crippen LogP contribution is -2.29. The average molecular weight is 1790 g/mol.